The molecule has 3 aromatic rings. The smallest absolute Gasteiger partial charge is 0.254 e. The molecule has 2 heterocycles. The summed E-state index contributed by atoms with van der Waals surface area (Å²) in [5.41, 5.74) is 2.61. The van der Waals surface area contributed by atoms with Gasteiger partial charge in [0.2, 0.25) is 11.7 Å². The largest absolute Gasteiger partial charge is 0.493 e. The zero-order valence-corrected chi connectivity index (χ0v) is 20.6. The first-order valence-electron chi connectivity index (χ1n) is 11.8. The first kappa shape index (κ1) is 24.3. The standard InChI is InChI=1S/C27H31N3O5/c1-5-28-26(31)17-9-8-12-30(16-17)27(32)20-15-22(29-21-11-7-6-10-19(20)21)18-13-23(33-2)25(35-4)24(14-18)34-3/h6-7,10-11,13-15,17H,5,8-9,12,16H2,1-4H3,(H,28,31). The molecule has 1 aromatic heterocycles. The Morgan fingerprint density at radius 3 is 2.43 bits per heavy atom. The molecule has 35 heavy (non-hydrogen) atoms. The van der Waals surface area contributed by atoms with Crippen molar-refractivity contribution < 1.29 is 23.8 Å². The Kier molecular flexibility index (Phi) is 7.39. The van der Waals surface area contributed by atoms with Crippen LogP contribution in [0.3, 0.4) is 0 Å². The molecule has 0 aliphatic carbocycles. The molecule has 1 atom stereocenters. The first-order chi connectivity index (χ1) is 17.0. The van der Waals surface area contributed by atoms with Gasteiger partial charge in [0.1, 0.15) is 0 Å². The highest BCUT2D eigenvalue weighted by atomic mass is 16.5. The molecular weight excluding hydrogens is 446 g/mol. The molecule has 8 nitrogen and oxygen atoms in total. The van der Waals surface area contributed by atoms with Crippen LogP contribution in [0.15, 0.2) is 42.5 Å². The SMILES string of the molecule is CCNC(=O)C1CCCN(C(=O)c2cc(-c3cc(OC)c(OC)c(OC)c3)nc3ccccc23)C1. The number of aromatic nitrogens is 1. The molecule has 2 aromatic carbocycles. The van der Waals surface area contributed by atoms with Crippen LogP contribution in [0.2, 0.25) is 0 Å². The van der Waals surface area contributed by atoms with Crippen LogP contribution in [0.5, 0.6) is 17.2 Å². The van der Waals surface area contributed by atoms with E-state index in [1.165, 1.54) is 0 Å². The number of benzene rings is 2. The second-order valence-electron chi connectivity index (χ2n) is 8.47. The fraction of sp³-hybridized carbons (Fsp3) is 0.370. The third-order valence-corrected chi connectivity index (χ3v) is 6.34. The summed E-state index contributed by atoms with van der Waals surface area (Å²) < 4.78 is 16.5. The van der Waals surface area contributed by atoms with Crippen LogP contribution in [0.4, 0.5) is 0 Å². The number of hydrogen-bond donors (Lipinski definition) is 1. The summed E-state index contributed by atoms with van der Waals surface area (Å²) in [5, 5.41) is 3.66. The number of rotatable bonds is 7. The van der Waals surface area contributed by atoms with E-state index in [9.17, 15) is 9.59 Å². The van der Waals surface area contributed by atoms with Crippen LogP contribution in [-0.4, -0.2) is 62.7 Å². The lowest BCUT2D eigenvalue weighted by Gasteiger charge is -2.32. The number of likely N-dealkylation sites (tertiary alicyclic amines) is 1. The molecule has 1 fully saturated rings. The summed E-state index contributed by atoms with van der Waals surface area (Å²) >= 11 is 0. The van der Waals surface area contributed by atoms with E-state index in [0.29, 0.717) is 53.7 Å². The van der Waals surface area contributed by atoms with Crippen molar-refractivity contribution in [1.29, 1.82) is 0 Å². The average Bonchev–Trinajstić information content (AvgIpc) is 2.91. The molecule has 0 radical (unpaired) electrons. The summed E-state index contributed by atoms with van der Waals surface area (Å²) in [6.45, 7) is 3.50. The number of nitrogens with zero attached hydrogens (tertiary/aromatic N) is 2. The van der Waals surface area contributed by atoms with E-state index in [-0.39, 0.29) is 17.7 Å². The van der Waals surface area contributed by atoms with E-state index >= 15 is 0 Å². The second kappa shape index (κ2) is 10.6. The number of para-hydroxylation sites is 1. The van der Waals surface area contributed by atoms with Gasteiger partial charge in [0, 0.05) is 30.6 Å². The van der Waals surface area contributed by atoms with Gasteiger partial charge in [0.05, 0.1) is 44.0 Å². The van der Waals surface area contributed by atoms with E-state index in [1.807, 2.05) is 43.3 Å². The van der Waals surface area contributed by atoms with Crippen molar-refractivity contribution in [3.63, 3.8) is 0 Å². The summed E-state index contributed by atoms with van der Waals surface area (Å²) in [6, 6.07) is 13.0. The quantitative estimate of drug-likeness (QED) is 0.555. The molecule has 1 saturated heterocycles. The monoisotopic (exact) mass is 477 g/mol. The highest BCUT2D eigenvalue weighted by Crippen LogP contribution is 2.41. The summed E-state index contributed by atoms with van der Waals surface area (Å²) in [6.07, 6.45) is 1.57. The maximum absolute atomic E-state index is 13.8. The van der Waals surface area contributed by atoms with Gasteiger partial charge in [-0.25, -0.2) is 4.98 Å². The molecular formula is C27H31N3O5. The predicted octanol–water partition coefficient (Wildman–Crippen LogP) is 3.92. The minimum atomic E-state index is -0.199. The lowest BCUT2D eigenvalue weighted by Crippen LogP contribution is -2.45. The Balaban J connectivity index is 1.78. The zero-order valence-electron chi connectivity index (χ0n) is 20.6. The number of fused-ring (bicyclic) bond motifs is 1. The Labute approximate surface area is 205 Å². The maximum Gasteiger partial charge on any atom is 0.254 e. The van der Waals surface area contributed by atoms with Gasteiger partial charge in [-0.05, 0) is 44.0 Å². The molecule has 1 aliphatic rings. The fourth-order valence-corrected chi connectivity index (χ4v) is 4.59. The van der Waals surface area contributed by atoms with E-state index < -0.39 is 0 Å². The number of carbonyl (C=O) groups is 2. The molecule has 0 spiro atoms. The van der Waals surface area contributed by atoms with Gasteiger partial charge in [-0.2, -0.15) is 0 Å². The van der Waals surface area contributed by atoms with Crippen LogP contribution in [0.1, 0.15) is 30.1 Å². The van der Waals surface area contributed by atoms with Crippen molar-refractivity contribution in [3.05, 3.63) is 48.0 Å². The number of pyridine rings is 1. The fourth-order valence-electron chi connectivity index (χ4n) is 4.59. The lowest BCUT2D eigenvalue weighted by atomic mass is 9.95. The molecule has 0 saturated carbocycles. The van der Waals surface area contributed by atoms with Crippen molar-refractivity contribution in [2.24, 2.45) is 5.92 Å². The number of hydrogen-bond acceptors (Lipinski definition) is 6. The normalized spacial score (nSPS) is 15.5. The number of piperidine rings is 1. The first-order valence-corrected chi connectivity index (χ1v) is 11.8. The van der Waals surface area contributed by atoms with Crippen molar-refractivity contribution in [1.82, 2.24) is 15.2 Å². The number of nitrogens with one attached hydrogen (secondary N) is 1. The summed E-state index contributed by atoms with van der Waals surface area (Å²) in [4.78, 5) is 32.8. The Bertz CT molecular complexity index is 1220. The number of ether oxygens (including phenoxy) is 3. The topological polar surface area (TPSA) is 90.0 Å². The van der Waals surface area contributed by atoms with Gasteiger partial charge in [0.15, 0.2) is 11.5 Å². The maximum atomic E-state index is 13.8. The molecule has 0 bridgehead atoms. The number of amides is 2. The molecule has 8 heteroatoms. The molecule has 1 unspecified atom stereocenters. The number of methoxy groups -OCH3 is 3. The van der Waals surface area contributed by atoms with Crippen LogP contribution < -0.4 is 19.5 Å². The number of carbonyl (C=O) groups excluding carboxylic acids is 2. The predicted molar refractivity (Wildman–Crippen MR) is 134 cm³/mol. The molecule has 1 aliphatic heterocycles. The zero-order chi connectivity index (χ0) is 24.9. The minimum absolute atomic E-state index is 0.00250. The van der Waals surface area contributed by atoms with Crippen molar-refractivity contribution in [2.45, 2.75) is 19.8 Å². The van der Waals surface area contributed by atoms with Gasteiger partial charge >= 0.3 is 0 Å². The Morgan fingerprint density at radius 2 is 1.77 bits per heavy atom. The third kappa shape index (κ3) is 4.87. The van der Waals surface area contributed by atoms with Gasteiger partial charge in [0.25, 0.3) is 5.91 Å². The third-order valence-electron chi connectivity index (χ3n) is 6.34. The highest BCUT2D eigenvalue weighted by molar-refractivity contribution is 6.07. The Hall–Kier alpha value is -3.81. The minimum Gasteiger partial charge on any atom is -0.493 e. The van der Waals surface area contributed by atoms with Crippen LogP contribution in [0.25, 0.3) is 22.2 Å². The van der Waals surface area contributed by atoms with Gasteiger partial charge in [-0.3, -0.25) is 9.59 Å². The second-order valence-corrected chi connectivity index (χ2v) is 8.47. The van der Waals surface area contributed by atoms with Crippen LogP contribution >= 0.6 is 0 Å². The van der Waals surface area contributed by atoms with Crippen LogP contribution in [-0.2, 0) is 4.79 Å². The molecule has 4 rings (SSSR count). The highest BCUT2D eigenvalue weighted by Gasteiger charge is 2.30. The summed E-state index contributed by atoms with van der Waals surface area (Å²) in [5.74, 6) is 1.20. The molecule has 184 valence electrons. The van der Waals surface area contributed by atoms with Gasteiger partial charge < -0.3 is 24.4 Å². The van der Waals surface area contributed by atoms with E-state index in [2.05, 4.69) is 5.32 Å². The summed E-state index contributed by atoms with van der Waals surface area (Å²) in [7, 11) is 4.67. The van der Waals surface area contributed by atoms with E-state index in [4.69, 9.17) is 19.2 Å². The Morgan fingerprint density at radius 1 is 1.06 bits per heavy atom. The van der Waals surface area contributed by atoms with Crippen LogP contribution in [0, 0.1) is 5.92 Å². The van der Waals surface area contributed by atoms with Crippen molar-refractivity contribution >= 4 is 22.7 Å². The molecule has 2 amide bonds. The van der Waals surface area contributed by atoms with Gasteiger partial charge in [-0.15, -0.1) is 0 Å². The van der Waals surface area contributed by atoms with Crippen molar-refractivity contribution in [2.75, 3.05) is 41.0 Å². The van der Waals surface area contributed by atoms with Crippen molar-refractivity contribution in [3.8, 4) is 28.5 Å². The van der Waals surface area contributed by atoms with Gasteiger partial charge in [-0.1, -0.05) is 18.2 Å². The van der Waals surface area contributed by atoms with E-state index in [0.717, 1.165) is 23.8 Å². The molecule has 1 N–H and O–H groups in total. The van der Waals surface area contributed by atoms with E-state index in [1.54, 1.807) is 32.3 Å². The lowest BCUT2D eigenvalue weighted by molar-refractivity contribution is -0.126. The average molecular weight is 478 g/mol.